The normalized spacial score (nSPS) is 28.6. The molecular weight excluding hydrogens is 136 g/mol. The first-order chi connectivity index (χ1) is 5.20. The Balaban J connectivity index is 1.71. The van der Waals surface area contributed by atoms with Gasteiger partial charge in [-0.3, -0.25) is 0 Å². The van der Waals surface area contributed by atoms with Gasteiger partial charge >= 0.3 is 0 Å². The monoisotopic (exact) mass is 154 g/mol. The van der Waals surface area contributed by atoms with E-state index in [1.54, 1.807) is 0 Å². The van der Waals surface area contributed by atoms with Gasteiger partial charge < -0.3 is 10.6 Å². The van der Waals surface area contributed by atoms with E-state index in [0.717, 1.165) is 11.5 Å². The van der Waals surface area contributed by atoms with Gasteiger partial charge in [-0.1, -0.05) is 13.8 Å². The Morgan fingerprint density at radius 2 is 2.00 bits per heavy atom. The molecule has 0 radical (unpaired) electrons. The maximum absolute atomic E-state index is 3.57. The first kappa shape index (κ1) is 7.56. The third kappa shape index (κ3) is 1.30. The summed E-state index contributed by atoms with van der Waals surface area (Å²) in [7, 11) is 0. The number of hydrogen-bond acceptors (Lipinski definition) is 2. The van der Waals surface area contributed by atoms with Crippen LogP contribution in [-0.2, 0) is 0 Å². The second-order valence-corrected chi connectivity index (χ2v) is 4.53. The second-order valence-electron chi connectivity index (χ2n) is 4.53. The summed E-state index contributed by atoms with van der Waals surface area (Å²) in [6, 6.07) is 1.47. The Morgan fingerprint density at radius 1 is 1.36 bits per heavy atom. The molecule has 1 spiro atoms. The molecule has 0 amide bonds. The topological polar surface area (TPSA) is 24.1 Å². The van der Waals surface area contributed by atoms with Crippen LogP contribution in [0.4, 0.5) is 0 Å². The highest BCUT2D eigenvalue weighted by Gasteiger charge is 2.48. The standard InChI is InChI=1S/C9H18N2/c1-7(2)11-8-3-9(4-8)5-10-6-9/h7-8,10-11H,3-6H2,1-2H3. The fourth-order valence-corrected chi connectivity index (χ4v) is 2.34. The van der Waals surface area contributed by atoms with Gasteiger partial charge in [-0.25, -0.2) is 0 Å². The lowest BCUT2D eigenvalue weighted by atomic mass is 9.61. The van der Waals surface area contributed by atoms with Crippen LogP contribution in [0.2, 0.25) is 0 Å². The van der Waals surface area contributed by atoms with Gasteiger partial charge in [-0.2, -0.15) is 0 Å². The average molecular weight is 154 g/mol. The fourth-order valence-electron chi connectivity index (χ4n) is 2.34. The van der Waals surface area contributed by atoms with Gasteiger partial charge in [0.1, 0.15) is 0 Å². The zero-order valence-electron chi connectivity index (χ0n) is 7.48. The van der Waals surface area contributed by atoms with Crippen molar-refractivity contribution >= 4 is 0 Å². The average Bonchev–Trinajstić information content (AvgIpc) is 1.71. The molecule has 0 aromatic carbocycles. The predicted molar refractivity (Wildman–Crippen MR) is 46.6 cm³/mol. The Kier molecular flexibility index (Phi) is 1.69. The molecule has 1 aliphatic carbocycles. The maximum atomic E-state index is 3.57. The van der Waals surface area contributed by atoms with Gasteiger partial charge in [0, 0.05) is 25.2 Å². The van der Waals surface area contributed by atoms with Crippen LogP contribution >= 0.6 is 0 Å². The summed E-state index contributed by atoms with van der Waals surface area (Å²) in [6.07, 6.45) is 2.80. The van der Waals surface area contributed by atoms with E-state index in [2.05, 4.69) is 24.5 Å². The molecule has 11 heavy (non-hydrogen) atoms. The van der Waals surface area contributed by atoms with E-state index in [4.69, 9.17) is 0 Å². The van der Waals surface area contributed by atoms with Gasteiger partial charge in [-0.05, 0) is 18.3 Å². The number of nitrogens with one attached hydrogen (secondary N) is 2. The van der Waals surface area contributed by atoms with E-state index in [0.29, 0.717) is 6.04 Å². The van der Waals surface area contributed by atoms with E-state index in [9.17, 15) is 0 Å². The Labute approximate surface area is 68.7 Å². The van der Waals surface area contributed by atoms with E-state index in [-0.39, 0.29) is 0 Å². The van der Waals surface area contributed by atoms with Crippen molar-refractivity contribution in [2.45, 2.75) is 38.8 Å². The lowest BCUT2D eigenvalue weighted by Gasteiger charge is -2.55. The van der Waals surface area contributed by atoms with Crippen molar-refractivity contribution in [3.63, 3.8) is 0 Å². The Bertz CT molecular complexity index is 142. The van der Waals surface area contributed by atoms with Gasteiger partial charge in [0.2, 0.25) is 0 Å². The molecule has 64 valence electrons. The van der Waals surface area contributed by atoms with Gasteiger partial charge in [0.25, 0.3) is 0 Å². The highest BCUT2D eigenvalue weighted by atomic mass is 15.1. The highest BCUT2D eigenvalue weighted by molar-refractivity contribution is 5.05. The molecule has 2 nitrogen and oxygen atoms in total. The van der Waals surface area contributed by atoms with Gasteiger partial charge in [0.15, 0.2) is 0 Å². The molecular formula is C9H18N2. The highest BCUT2D eigenvalue weighted by Crippen LogP contribution is 2.44. The van der Waals surface area contributed by atoms with Gasteiger partial charge in [-0.15, -0.1) is 0 Å². The minimum absolute atomic E-state index is 0.658. The lowest BCUT2D eigenvalue weighted by molar-refractivity contribution is 0.0206. The summed E-state index contributed by atoms with van der Waals surface area (Å²) in [5.74, 6) is 0. The lowest BCUT2D eigenvalue weighted by Crippen LogP contribution is -2.65. The largest absolute Gasteiger partial charge is 0.316 e. The van der Waals surface area contributed by atoms with Gasteiger partial charge in [0.05, 0.1) is 0 Å². The maximum Gasteiger partial charge on any atom is 0.00819 e. The summed E-state index contributed by atoms with van der Waals surface area (Å²) in [5, 5.41) is 6.92. The van der Waals surface area contributed by atoms with Crippen molar-refractivity contribution in [1.82, 2.24) is 10.6 Å². The number of hydrogen-bond donors (Lipinski definition) is 2. The molecule has 0 unspecified atom stereocenters. The Hall–Kier alpha value is -0.0800. The zero-order valence-corrected chi connectivity index (χ0v) is 7.48. The van der Waals surface area contributed by atoms with Crippen LogP contribution in [0, 0.1) is 5.41 Å². The van der Waals surface area contributed by atoms with Crippen molar-refractivity contribution in [2.24, 2.45) is 5.41 Å². The fraction of sp³-hybridized carbons (Fsp3) is 1.00. The summed E-state index contributed by atoms with van der Waals surface area (Å²) in [6.45, 7) is 6.99. The molecule has 2 rings (SSSR count). The number of rotatable bonds is 2. The summed E-state index contributed by atoms with van der Waals surface area (Å²) in [5.41, 5.74) is 0.729. The van der Waals surface area contributed by atoms with Crippen LogP contribution in [0.25, 0.3) is 0 Å². The molecule has 1 saturated carbocycles. The quantitative estimate of drug-likeness (QED) is 0.613. The van der Waals surface area contributed by atoms with E-state index in [1.807, 2.05) is 0 Å². The Morgan fingerprint density at radius 3 is 2.36 bits per heavy atom. The van der Waals surface area contributed by atoms with E-state index >= 15 is 0 Å². The second kappa shape index (κ2) is 2.46. The smallest absolute Gasteiger partial charge is 0.00819 e. The van der Waals surface area contributed by atoms with E-state index < -0.39 is 0 Å². The van der Waals surface area contributed by atoms with Crippen molar-refractivity contribution in [3.8, 4) is 0 Å². The molecule has 0 aromatic rings. The molecule has 1 saturated heterocycles. The van der Waals surface area contributed by atoms with Crippen molar-refractivity contribution in [2.75, 3.05) is 13.1 Å². The minimum atomic E-state index is 0.658. The molecule has 0 atom stereocenters. The molecule has 2 N–H and O–H groups in total. The minimum Gasteiger partial charge on any atom is -0.316 e. The first-order valence-electron chi connectivity index (χ1n) is 4.67. The van der Waals surface area contributed by atoms with Crippen LogP contribution in [0.1, 0.15) is 26.7 Å². The summed E-state index contributed by atoms with van der Waals surface area (Å²) in [4.78, 5) is 0. The van der Waals surface area contributed by atoms with E-state index in [1.165, 1.54) is 25.9 Å². The molecule has 2 fully saturated rings. The third-order valence-corrected chi connectivity index (χ3v) is 2.93. The molecule has 2 heteroatoms. The van der Waals surface area contributed by atoms with Crippen molar-refractivity contribution in [1.29, 1.82) is 0 Å². The summed E-state index contributed by atoms with van der Waals surface area (Å²) >= 11 is 0. The summed E-state index contributed by atoms with van der Waals surface area (Å²) < 4.78 is 0. The van der Waals surface area contributed by atoms with Crippen molar-refractivity contribution < 1.29 is 0 Å². The first-order valence-corrected chi connectivity index (χ1v) is 4.67. The van der Waals surface area contributed by atoms with Crippen molar-refractivity contribution in [3.05, 3.63) is 0 Å². The molecule has 0 aromatic heterocycles. The van der Waals surface area contributed by atoms with Crippen LogP contribution in [-0.4, -0.2) is 25.2 Å². The van der Waals surface area contributed by atoms with Crippen LogP contribution < -0.4 is 10.6 Å². The van der Waals surface area contributed by atoms with Crippen LogP contribution in [0.15, 0.2) is 0 Å². The predicted octanol–water partition coefficient (Wildman–Crippen LogP) is 0.736. The third-order valence-electron chi connectivity index (χ3n) is 2.93. The SMILES string of the molecule is CC(C)NC1CC2(CNC2)C1. The molecule has 1 heterocycles. The molecule has 0 bridgehead atoms. The molecule has 1 aliphatic heterocycles. The van der Waals surface area contributed by atoms with Crippen LogP contribution in [0.3, 0.4) is 0 Å². The molecule has 2 aliphatic rings. The van der Waals surface area contributed by atoms with Crippen LogP contribution in [0.5, 0.6) is 0 Å². The zero-order chi connectivity index (χ0) is 7.90.